The number of amides is 2. The minimum absolute atomic E-state index is 0.0619. The van der Waals surface area contributed by atoms with Crippen LogP contribution < -0.4 is 11.0 Å². The molecule has 30 heavy (non-hydrogen) atoms. The maximum atomic E-state index is 12.7. The van der Waals surface area contributed by atoms with Gasteiger partial charge < -0.3 is 15.0 Å². The Morgan fingerprint density at radius 2 is 2.20 bits per heavy atom. The predicted octanol–water partition coefficient (Wildman–Crippen LogP) is 0.0266. The molecule has 2 aliphatic heterocycles. The Hall–Kier alpha value is -2.53. The van der Waals surface area contributed by atoms with E-state index >= 15 is 0 Å². The third-order valence-electron chi connectivity index (χ3n) is 5.66. The van der Waals surface area contributed by atoms with Crippen LogP contribution in [0.5, 0.6) is 0 Å². The lowest BCUT2D eigenvalue weighted by atomic mass is 9.88. The summed E-state index contributed by atoms with van der Waals surface area (Å²) in [5.41, 5.74) is 0.317. The van der Waals surface area contributed by atoms with E-state index in [9.17, 15) is 14.4 Å². The van der Waals surface area contributed by atoms with Gasteiger partial charge in [-0.05, 0) is 13.8 Å². The molecule has 1 N–H and O–H groups in total. The number of thiazole rings is 1. The third kappa shape index (κ3) is 4.04. The highest BCUT2D eigenvalue weighted by atomic mass is 32.1. The fourth-order valence-electron chi connectivity index (χ4n) is 3.99. The van der Waals surface area contributed by atoms with Gasteiger partial charge in [-0.15, -0.1) is 11.3 Å². The van der Waals surface area contributed by atoms with Gasteiger partial charge in [-0.1, -0.05) is 0 Å². The normalized spacial score (nSPS) is 20.9. The molecule has 2 aromatic heterocycles. The molecule has 0 aromatic carbocycles. The van der Waals surface area contributed by atoms with Gasteiger partial charge in [0.25, 0.3) is 0 Å². The molecule has 162 valence electrons. The van der Waals surface area contributed by atoms with Crippen molar-refractivity contribution in [2.75, 3.05) is 19.7 Å². The second-order valence-electron chi connectivity index (χ2n) is 8.20. The number of hydrogen-bond donors (Lipinski definition) is 1. The quantitative estimate of drug-likeness (QED) is 0.687. The van der Waals surface area contributed by atoms with E-state index in [1.807, 2.05) is 19.2 Å². The number of nitrogens with zero attached hydrogens (tertiary/aromatic N) is 5. The Balaban J connectivity index is 1.23. The Kier molecular flexibility index (Phi) is 5.49. The van der Waals surface area contributed by atoms with Crippen molar-refractivity contribution in [3.05, 3.63) is 32.9 Å². The number of aromatic nitrogens is 4. The van der Waals surface area contributed by atoms with Gasteiger partial charge in [-0.2, -0.15) is 5.10 Å². The van der Waals surface area contributed by atoms with Crippen LogP contribution in [0, 0.1) is 6.92 Å². The largest absolute Gasteiger partial charge is 0.369 e. The molecule has 2 amide bonds. The smallest absolute Gasteiger partial charge is 0.345 e. The highest BCUT2D eigenvalue weighted by molar-refractivity contribution is 7.09. The second kappa shape index (κ2) is 7.95. The Morgan fingerprint density at radius 1 is 1.43 bits per heavy atom. The number of carbonyl (C=O) groups is 2. The number of likely N-dealkylation sites (tertiary alicyclic amines) is 1. The molecule has 0 radical (unpaired) electrons. The van der Waals surface area contributed by atoms with Crippen LogP contribution in [0.4, 0.5) is 0 Å². The molecule has 2 saturated heterocycles. The van der Waals surface area contributed by atoms with E-state index in [1.165, 1.54) is 26.9 Å². The van der Waals surface area contributed by atoms with E-state index < -0.39 is 0 Å². The number of carbonyl (C=O) groups excluding carboxylic acids is 2. The van der Waals surface area contributed by atoms with Crippen molar-refractivity contribution >= 4 is 23.2 Å². The van der Waals surface area contributed by atoms with Crippen molar-refractivity contribution in [2.45, 2.75) is 50.8 Å². The standard InChI is InChI=1S/C19H26N6O4S/c1-12-8-30-16(21-12)13(2)17(27)24-9-19(10-24)6-14(7-29-19)22-15(26)4-5-25-18(28)23(3)11-20-25/h8,11,13-14H,4-7,9-10H2,1-3H3,(H,22,26). The lowest BCUT2D eigenvalue weighted by Crippen LogP contribution is -2.64. The predicted molar refractivity (Wildman–Crippen MR) is 109 cm³/mol. The summed E-state index contributed by atoms with van der Waals surface area (Å²) in [6, 6.07) is -0.0887. The summed E-state index contributed by atoms with van der Waals surface area (Å²) in [6.07, 6.45) is 2.28. The molecule has 2 fully saturated rings. The van der Waals surface area contributed by atoms with Gasteiger partial charge in [-0.25, -0.2) is 14.5 Å². The molecule has 2 atom stereocenters. The number of rotatable bonds is 6. The molecule has 2 aliphatic rings. The fraction of sp³-hybridized carbons (Fsp3) is 0.632. The minimum Gasteiger partial charge on any atom is -0.369 e. The van der Waals surface area contributed by atoms with Crippen molar-refractivity contribution in [3.8, 4) is 0 Å². The fourth-order valence-corrected chi connectivity index (χ4v) is 4.84. The van der Waals surface area contributed by atoms with E-state index in [1.54, 1.807) is 11.9 Å². The van der Waals surface area contributed by atoms with Gasteiger partial charge in [0.1, 0.15) is 16.9 Å². The van der Waals surface area contributed by atoms with Crippen LogP contribution in [0.25, 0.3) is 0 Å². The van der Waals surface area contributed by atoms with Gasteiger partial charge in [0.05, 0.1) is 38.2 Å². The van der Waals surface area contributed by atoms with Crippen LogP contribution in [-0.2, 0) is 27.9 Å². The average molecular weight is 435 g/mol. The van der Waals surface area contributed by atoms with E-state index in [0.717, 1.165) is 10.7 Å². The van der Waals surface area contributed by atoms with E-state index in [-0.39, 0.29) is 48.0 Å². The molecule has 0 aliphatic carbocycles. The van der Waals surface area contributed by atoms with Crippen LogP contribution >= 0.6 is 11.3 Å². The summed E-state index contributed by atoms with van der Waals surface area (Å²) in [7, 11) is 1.62. The first-order chi connectivity index (χ1) is 14.3. The molecular formula is C19H26N6O4S. The molecule has 2 unspecified atom stereocenters. The Bertz CT molecular complexity index is 1000. The third-order valence-corrected chi connectivity index (χ3v) is 6.80. The summed E-state index contributed by atoms with van der Waals surface area (Å²) in [4.78, 5) is 42.9. The number of ether oxygens (including phenoxy) is 1. The van der Waals surface area contributed by atoms with Crippen LogP contribution in [0.3, 0.4) is 0 Å². The first kappa shape index (κ1) is 20.7. The topological polar surface area (TPSA) is 111 Å². The minimum atomic E-state index is -0.371. The van der Waals surface area contributed by atoms with Crippen LogP contribution in [-0.4, -0.2) is 67.4 Å². The highest BCUT2D eigenvalue weighted by Crippen LogP contribution is 2.37. The maximum Gasteiger partial charge on any atom is 0.345 e. The van der Waals surface area contributed by atoms with E-state index in [4.69, 9.17) is 4.74 Å². The van der Waals surface area contributed by atoms with Crippen molar-refractivity contribution in [1.82, 2.24) is 29.5 Å². The van der Waals surface area contributed by atoms with Gasteiger partial charge in [0.15, 0.2) is 0 Å². The molecular weight excluding hydrogens is 408 g/mol. The lowest BCUT2D eigenvalue weighted by molar-refractivity contribution is -0.158. The Labute approximate surface area is 177 Å². The van der Waals surface area contributed by atoms with Gasteiger partial charge >= 0.3 is 5.69 Å². The molecule has 2 aromatic rings. The zero-order valence-electron chi connectivity index (χ0n) is 17.3. The summed E-state index contributed by atoms with van der Waals surface area (Å²) in [5, 5.41) is 9.71. The first-order valence-electron chi connectivity index (χ1n) is 9.99. The zero-order chi connectivity index (χ0) is 21.5. The van der Waals surface area contributed by atoms with Crippen molar-refractivity contribution in [3.63, 3.8) is 0 Å². The Morgan fingerprint density at radius 3 is 2.83 bits per heavy atom. The van der Waals surface area contributed by atoms with Crippen molar-refractivity contribution < 1.29 is 14.3 Å². The number of aryl methyl sites for hydroxylation is 3. The monoisotopic (exact) mass is 434 g/mol. The van der Waals surface area contributed by atoms with E-state index in [0.29, 0.717) is 26.1 Å². The first-order valence-corrected chi connectivity index (χ1v) is 10.9. The SMILES string of the molecule is Cc1csc(C(C)C(=O)N2CC3(CC(NC(=O)CCn4ncn(C)c4=O)CO3)C2)n1. The van der Waals surface area contributed by atoms with Crippen molar-refractivity contribution in [2.24, 2.45) is 7.05 Å². The summed E-state index contributed by atoms with van der Waals surface area (Å²) >= 11 is 1.51. The number of hydrogen-bond acceptors (Lipinski definition) is 7. The van der Waals surface area contributed by atoms with Gasteiger partial charge in [0.2, 0.25) is 11.8 Å². The lowest BCUT2D eigenvalue weighted by Gasteiger charge is -2.47. The van der Waals surface area contributed by atoms with Crippen LogP contribution in [0.1, 0.15) is 36.4 Å². The van der Waals surface area contributed by atoms with Crippen LogP contribution in [0.2, 0.25) is 0 Å². The molecule has 11 heteroatoms. The summed E-state index contributed by atoms with van der Waals surface area (Å²) in [6.45, 7) is 5.55. The summed E-state index contributed by atoms with van der Waals surface area (Å²) < 4.78 is 8.59. The summed E-state index contributed by atoms with van der Waals surface area (Å²) in [5.74, 6) is -0.335. The molecule has 4 heterocycles. The molecule has 0 bridgehead atoms. The zero-order valence-corrected chi connectivity index (χ0v) is 18.1. The van der Waals surface area contributed by atoms with Gasteiger partial charge in [-0.3, -0.25) is 14.2 Å². The highest BCUT2D eigenvalue weighted by Gasteiger charge is 2.52. The molecule has 0 saturated carbocycles. The molecule has 1 spiro atoms. The van der Waals surface area contributed by atoms with Crippen LogP contribution in [0.15, 0.2) is 16.5 Å². The average Bonchev–Trinajstić information content (AvgIpc) is 3.38. The molecule has 4 rings (SSSR count). The van der Waals surface area contributed by atoms with E-state index in [2.05, 4.69) is 15.4 Å². The second-order valence-corrected chi connectivity index (χ2v) is 9.09. The molecule has 10 nitrogen and oxygen atoms in total. The maximum absolute atomic E-state index is 12.7. The number of nitrogens with one attached hydrogen (secondary N) is 1. The van der Waals surface area contributed by atoms with Gasteiger partial charge in [0, 0.05) is 31.0 Å². The van der Waals surface area contributed by atoms with Crippen molar-refractivity contribution in [1.29, 1.82) is 0 Å².